The van der Waals surface area contributed by atoms with E-state index in [-0.39, 0.29) is 0 Å². The van der Waals surface area contributed by atoms with Gasteiger partial charge in [0.05, 0.1) is 11.0 Å². The van der Waals surface area contributed by atoms with Crippen molar-refractivity contribution in [3.63, 3.8) is 0 Å². The fourth-order valence-corrected chi connectivity index (χ4v) is 9.26. The van der Waals surface area contributed by atoms with Crippen LogP contribution in [0.1, 0.15) is 0 Å². The quantitative estimate of drug-likeness (QED) is 0.163. The fraction of sp³-hybridized carbons (Fsp3) is 0. The van der Waals surface area contributed by atoms with Gasteiger partial charge in [-0.2, -0.15) is 0 Å². The van der Waals surface area contributed by atoms with Crippen molar-refractivity contribution in [2.24, 2.45) is 0 Å². The smallest absolute Gasteiger partial charge is 0.308 e. The molecular formula is C42H29NO2P2+2. The molecule has 0 aliphatic heterocycles. The van der Waals surface area contributed by atoms with E-state index in [0.29, 0.717) is 0 Å². The van der Waals surface area contributed by atoms with Crippen LogP contribution in [0.3, 0.4) is 0 Å². The van der Waals surface area contributed by atoms with Gasteiger partial charge in [0.25, 0.3) is 0 Å². The molecule has 0 aliphatic carbocycles. The second-order valence-electron chi connectivity index (χ2n) is 11.4. The zero-order valence-corrected chi connectivity index (χ0v) is 27.2. The molecule has 0 amide bonds. The van der Waals surface area contributed by atoms with Crippen LogP contribution in [0, 0.1) is 0 Å². The Morgan fingerprint density at radius 1 is 0.340 bits per heavy atom. The summed E-state index contributed by atoms with van der Waals surface area (Å²) in [5.41, 5.74) is 6.99. The van der Waals surface area contributed by atoms with E-state index in [0.717, 1.165) is 71.0 Å². The summed E-state index contributed by atoms with van der Waals surface area (Å²) in [4.78, 5) is 0. The van der Waals surface area contributed by atoms with Gasteiger partial charge in [0.1, 0.15) is 0 Å². The Bertz CT molecular complexity index is 2280. The molecule has 7 aromatic carbocycles. The summed E-state index contributed by atoms with van der Waals surface area (Å²) >= 11 is 0. The SMILES string of the molecule is O=[P+](c1ccccc1)c1ccccc1-c1cccc2c3cccc(-c4ccccc4[P+](=O)c4ccccc4)c3n(-c3ccccc3)c12. The molecule has 0 fully saturated rings. The predicted molar refractivity (Wildman–Crippen MR) is 198 cm³/mol. The normalized spacial score (nSPS) is 11.9. The first kappa shape index (κ1) is 29.0. The first-order valence-corrected chi connectivity index (χ1v) is 18.1. The minimum absolute atomic E-state index is 0.802. The van der Waals surface area contributed by atoms with E-state index in [1.54, 1.807) is 0 Å². The van der Waals surface area contributed by atoms with Crippen molar-refractivity contribution < 1.29 is 9.13 Å². The van der Waals surface area contributed by atoms with Crippen LogP contribution in [0.2, 0.25) is 0 Å². The third-order valence-electron chi connectivity index (χ3n) is 8.63. The number of rotatable bonds is 7. The van der Waals surface area contributed by atoms with Crippen molar-refractivity contribution in [3.05, 3.63) is 176 Å². The van der Waals surface area contributed by atoms with Gasteiger partial charge in [0.2, 0.25) is 10.6 Å². The van der Waals surface area contributed by atoms with Gasteiger partial charge >= 0.3 is 15.6 Å². The average molecular weight is 642 g/mol. The number of benzene rings is 7. The third kappa shape index (κ3) is 5.11. The van der Waals surface area contributed by atoms with Crippen LogP contribution in [0.5, 0.6) is 0 Å². The van der Waals surface area contributed by atoms with Crippen molar-refractivity contribution in [1.29, 1.82) is 0 Å². The maximum Gasteiger partial charge on any atom is 0.415 e. The number of nitrogens with zero attached hydrogens (tertiary/aromatic N) is 1. The molecule has 0 spiro atoms. The Morgan fingerprint density at radius 3 is 1.15 bits per heavy atom. The lowest BCUT2D eigenvalue weighted by Gasteiger charge is -2.14. The van der Waals surface area contributed by atoms with Crippen LogP contribution in [0.4, 0.5) is 0 Å². The van der Waals surface area contributed by atoms with Gasteiger partial charge in [-0.3, -0.25) is 0 Å². The number of aromatic nitrogens is 1. The van der Waals surface area contributed by atoms with E-state index < -0.39 is 15.6 Å². The van der Waals surface area contributed by atoms with Gasteiger partial charge in [-0.15, -0.1) is 0 Å². The van der Waals surface area contributed by atoms with Crippen molar-refractivity contribution in [3.8, 4) is 27.9 Å². The number of hydrogen-bond acceptors (Lipinski definition) is 2. The van der Waals surface area contributed by atoms with E-state index in [1.807, 2.05) is 103 Å². The lowest BCUT2D eigenvalue weighted by Crippen LogP contribution is -2.10. The minimum Gasteiger partial charge on any atom is -0.308 e. The van der Waals surface area contributed by atoms with Gasteiger partial charge in [-0.05, 0) is 60.7 Å². The Morgan fingerprint density at radius 2 is 0.702 bits per heavy atom. The summed E-state index contributed by atoms with van der Waals surface area (Å²) in [5, 5.41) is 5.40. The second-order valence-corrected chi connectivity index (χ2v) is 14.5. The van der Waals surface area contributed by atoms with Gasteiger partial charge in [-0.25, -0.2) is 0 Å². The van der Waals surface area contributed by atoms with Gasteiger partial charge in [-0.1, -0.05) is 124 Å². The fourth-order valence-electron chi connectivity index (χ4n) is 6.55. The van der Waals surface area contributed by atoms with E-state index in [1.165, 1.54) is 0 Å². The summed E-state index contributed by atoms with van der Waals surface area (Å²) in [5.74, 6) is 0. The van der Waals surface area contributed by atoms with E-state index in [4.69, 9.17) is 0 Å². The zero-order valence-electron chi connectivity index (χ0n) is 25.4. The molecule has 1 heterocycles. The molecule has 2 unspecified atom stereocenters. The highest BCUT2D eigenvalue weighted by Crippen LogP contribution is 2.43. The first-order chi connectivity index (χ1) is 23.2. The molecule has 5 heteroatoms. The number of para-hydroxylation sites is 3. The lowest BCUT2D eigenvalue weighted by atomic mass is 10.00. The van der Waals surface area contributed by atoms with Crippen molar-refractivity contribution in [1.82, 2.24) is 4.57 Å². The molecule has 8 rings (SSSR count). The lowest BCUT2D eigenvalue weighted by molar-refractivity contribution is 0.597. The molecular weight excluding hydrogens is 612 g/mol. The van der Waals surface area contributed by atoms with Crippen LogP contribution >= 0.6 is 15.6 Å². The zero-order chi connectivity index (χ0) is 31.7. The standard InChI is InChI=1S/C42H29NO2P2/c44-46(31-18-6-2-7-19-31)39-28-12-10-22-33(39)35-24-14-26-37-38-27-15-25-36(42(38)43(41(35)37)30-16-4-1-5-17-30)34-23-11-13-29-40(34)47(45)32-20-8-3-9-21-32/h1-29H/q+2. The monoisotopic (exact) mass is 641 g/mol. The van der Waals surface area contributed by atoms with Crippen molar-refractivity contribution in [2.75, 3.05) is 0 Å². The maximum atomic E-state index is 14.1. The Hall–Kier alpha value is -5.46. The summed E-state index contributed by atoms with van der Waals surface area (Å²) in [7, 11) is -3.65. The van der Waals surface area contributed by atoms with Gasteiger partial charge in [0.15, 0.2) is 10.6 Å². The highest BCUT2D eigenvalue weighted by Gasteiger charge is 2.31. The summed E-state index contributed by atoms with van der Waals surface area (Å²) in [6.07, 6.45) is 0. The molecule has 222 valence electrons. The molecule has 0 N–H and O–H groups in total. The van der Waals surface area contributed by atoms with E-state index in [9.17, 15) is 9.13 Å². The molecule has 0 saturated heterocycles. The molecule has 0 bridgehead atoms. The Balaban J connectivity index is 1.45. The highest BCUT2D eigenvalue weighted by molar-refractivity contribution is 7.62. The Kier molecular flexibility index (Phi) is 7.63. The molecule has 3 nitrogen and oxygen atoms in total. The summed E-state index contributed by atoms with van der Waals surface area (Å²) < 4.78 is 30.5. The first-order valence-electron chi connectivity index (χ1n) is 15.6. The van der Waals surface area contributed by atoms with Crippen LogP contribution < -0.4 is 21.2 Å². The maximum absolute atomic E-state index is 14.1. The van der Waals surface area contributed by atoms with E-state index in [2.05, 4.69) is 77.4 Å². The molecule has 8 aromatic rings. The molecule has 0 saturated carbocycles. The number of fused-ring (bicyclic) bond motifs is 3. The average Bonchev–Trinajstić information content (AvgIpc) is 3.50. The summed E-state index contributed by atoms with van der Waals surface area (Å²) in [6, 6.07) is 58.6. The minimum atomic E-state index is -1.83. The molecule has 2 atom stereocenters. The summed E-state index contributed by atoms with van der Waals surface area (Å²) in [6.45, 7) is 0. The second kappa shape index (κ2) is 12.4. The molecule has 1 aromatic heterocycles. The molecule has 47 heavy (non-hydrogen) atoms. The number of hydrogen-bond donors (Lipinski definition) is 0. The van der Waals surface area contributed by atoms with Crippen molar-refractivity contribution >= 4 is 58.6 Å². The van der Waals surface area contributed by atoms with Crippen LogP contribution in [-0.2, 0) is 9.13 Å². The van der Waals surface area contributed by atoms with Crippen LogP contribution in [0.25, 0.3) is 49.7 Å². The van der Waals surface area contributed by atoms with Crippen LogP contribution in [0.15, 0.2) is 176 Å². The van der Waals surface area contributed by atoms with Gasteiger partial charge < -0.3 is 4.57 Å². The highest BCUT2D eigenvalue weighted by atomic mass is 31.1. The Labute approximate surface area is 275 Å². The van der Waals surface area contributed by atoms with Gasteiger partial charge in [0, 0.05) is 38.7 Å². The molecule has 0 aliphatic rings. The topological polar surface area (TPSA) is 39.1 Å². The third-order valence-corrected chi connectivity index (χ3v) is 11.8. The van der Waals surface area contributed by atoms with Crippen molar-refractivity contribution in [2.45, 2.75) is 0 Å². The molecule has 0 radical (unpaired) electrons. The van der Waals surface area contributed by atoms with Crippen LogP contribution in [-0.4, -0.2) is 4.57 Å². The predicted octanol–water partition coefficient (Wildman–Crippen LogP) is 9.67. The van der Waals surface area contributed by atoms with E-state index >= 15 is 0 Å². The largest absolute Gasteiger partial charge is 0.415 e.